The van der Waals surface area contributed by atoms with E-state index in [-0.39, 0.29) is 5.56 Å². The van der Waals surface area contributed by atoms with Crippen molar-refractivity contribution in [3.63, 3.8) is 0 Å². The van der Waals surface area contributed by atoms with Crippen LogP contribution in [0.2, 0.25) is 0 Å². The van der Waals surface area contributed by atoms with Crippen LogP contribution in [0.4, 0.5) is 0 Å². The van der Waals surface area contributed by atoms with Gasteiger partial charge in [-0.1, -0.05) is 23.9 Å². The molecule has 0 unspecified atom stereocenters. The van der Waals surface area contributed by atoms with E-state index in [9.17, 15) is 4.79 Å². The summed E-state index contributed by atoms with van der Waals surface area (Å²) in [5.74, 6) is 1.38. The molecule has 0 radical (unpaired) electrons. The molecule has 1 aromatic carbocycles. The van der Waals surface area contributed by atoms with Crippen molar-refractivity contribution < 1.29 is 0 Å². The van der Waals surface area contributed by atoms with Crippen LogP contribution in [0.15, 0.2) is 46.6 Å². The van der Waals surface area contributed by atoms with Gasteiger partial charge in [0.15, 0.2) is 5.16 Å². The van der Waals surface area contributed by atoms with Crippen LogP contribution in [0.25, 0.3) is 10.9 Å². The maximum absolute atomic E-state index is 12.3. The predicted molar refractivity (Wildman–Crippen MR) is 84.4 cm³/mol. The molecule has 108 valence electrons. The van der Waals surface area contributed by atoms with Crippen LogP contribution in [-0.4, -0.2) is 19.1 Å². The van der Waals surface area contributed by atoms with Crippen molar-refractivity contribution in [3.8, 4) is 0 Å². The maximum Gasteiger partial charge on any atom is 0.261 e. The Hall–Kier alpha value is -2.08. The molecule has 2 aromatic heterocycles. The minimum atomic E-state index is -0.00460. The Labute approximate surface area is 126 Å². The van der Waals surface area contributed by atoms with E-state index in [1.54, 1.807) is 29.6 Å². The molecule has 3 rings (SSSR count). The van der Waals surface area contributed by atoms with Gasteiger partial charge in [-0.05, 0) is 19.1 Å². The lowest BCUT2D eigenvalue weighted by Crippen LogP contribution is -2.21. The number of aryl methyl sites for hydroxylation is 1. The second-order valence-electron chi connectivity index (χ2n) is 4.69. The number of benzene rings is 1. The van der Waals surface area contributed by atoms with Gasteiger partial charge in [0.2, 0.25) is 0 Å². The number of hydrogen-bond donors (Lipinski definition) is 0. The van der Waals surface area contributed by atoms with E-state index in [2.05, 4.69) is 21.5 Å². The first-order chi connectivity index (χ1) is 10.2. The number of nitrogens with zero attached hydrogens (tertiary/aromatic N) is 4. The van der Waals surface area contributed by atoms with Crippen LogP contribution in [0.1, 0.15) is 12.7 Å². The summed E-state index contributed by atoms with van der Waals surface area (Å²) < 4.78 is 3.69. The van der Waals surface area contributed by atoms with E-state index in [0.717, 1.165) is 23.0 Å². The summed E-state index contributed by atoms with van der Waals surface area (Å²) in [4.78, 5) is 21.2. The first kappa shape index (κ1) is 13.9. The highest BCUT2D eigenvalue weighted by atomic mass is 32.2. The normalized spacial score (nSPS) is 11.1. The number of aromatic nitrogens is 4. The van der Waals surface area contributed by atoms with Gasteiger partial charge in [-0.3, -0.25) is 9.36 Å². The van der Waals surface area contributed by atoms with Crippen molar-refractivity contribution in [2.45, 2.75) is 24.4 Å². The lowest BCUT2D eigenvalue weighted by atomic mass is 10.2. The molecule has 0 saturated carbocycles. The van der Waals surface area contributed by atoms with Gasteiger partial charge >= 0.3 is 0 Å². The van der Waals surface area contributed by atoms with Crippen LogP contribution in [0, 0.1) is 0 Å². The molecule has 0 atom stereocenters. The summed E-state index contributed by atoms with van der Waals surface area (Å²) in [6.45, 7) is 2.96. The molecule has 0 fully saturated rings. The summed E-state index contributed by atoms with van der Waals surface area (Å²) in [7, 11) is 1.77. The topological polar surface area (TPSA) is 52.7 Å². The summed E-state index contributed by atoms with van der Waals surface area (Å²) in [5, 5.41) is 1.60. The van der Waals surface area contributed by atoms with E-state index < -0.39 is 0 Å². The first-order valence-electron chi connectivity index (χ1n) is 6.79. The third-order valence-electron chi connectivity index (χ3n) is 3.42. The number of fused-ring (bicyclic) bond motifs is 1. The summed E-state index contributed by atoms with van der Waals surface area (Å²) >= 11 is 1.59. The van der Waals surface area contributed by atoms with Gasteiger partial charge < -0.3 is 4.57 Å². The Morgan fingerprint density at radius 1 is 1.29 bits per heavy atom. The summed E-state index contributed by atoms with van der Waals surface area (Å²) in [6, 6.07) is 7.44. The van der Waals surface area contributed by atoms with Crippen LogP contribution in [-0.2, 0) is 19.3 Å². The van der Waals surface area contributed by atoms with E-state index >= 15 is 0 Å². The fourth-order valence-electron chi connectivity index (χ4n) is 2.20. The molecule has 0 saturated heterocycles. The summed E-state index contributed by atoms with van der Waals surface area (Å²) in [6.07, 6.45) is 3.74. The molecule has 0 spiro atoms. The van der Waals surface area contributed by atoms with Crippen LogP contribution >= 0.6 is 11.8 Å². The second-order valence-corrected chi connectivity index (χ2v) is 5.64. The number of hydrogen-bond acceptors (Lipinski definition) is 4. The third-order valence-corrected chi connectivity index (χ3v) is 4.42. The summed E-state index contributed by atoms with van der Waals surface area (Å²) in [5.41, 5.74) is 0.741. The Kier molecular flexibility index (Phi) is 3.79. The van der Waals surface area contributed by atoms with Crippen molar-refractivity contribution in [2.75, 3.05) is 0 Å². The molecule has 0 aliphatic heterocycles. The Morgan fingerprint density at radius 2 is 2.10 bits per heavy atom. The van der Waals surface area contributed by atoms with Crippen LogP contribution < -0.4 is 5.56 Å². The quantitative estimate of drug-likeness (QED) is 0.695. The number of thioether (sulfide) groups is 1. The van der Waals surface area contributed by atoms with Gasteiger partial charge in [-0.15, -0.1) is 0 Å². The number of para-hydroxylation sites is 1. The smallest absolute Gasteiger partial charge is 0.261 e. The molecule has 0 amide bonds. The van der Waals surface area contributed by atoms with Gasteiger partial charge in [-0.25, -0.2) is 9.97 Å². The van der Waals surface area contributed by atoms with Gasteiger partial charge in [0.25, 0.3) is 5.56 Å². The van der Waals surface area contributed by atoms with E-state index in [1.807, 2.05) is 30.5 Å². The molecule has 21 heavy (non-hydrogen) atoms. The highest BCUT2D eigenvalue weighted by Crippen LogP contribution is 2.20. The number of imidazole rings is 1. The van der Waals surface area contributed by atoms with Gasteiger partial charge in [0, 0.05) is 26.0 Å². The minimum absolute atomic E-state index is 0.00460. The Bertz CT molecular complexity index is 837. The molecule has 0 N–H and O–H groups in total. The fraction of sp³-hybridized carbons (Fsp3) is 0.267. The molecule has 0 bridgehead atoms. The molecule has 5 nitrogen and oxygen atoms in total. The maximum atomic E-state index is 12.3. The van der Waals surface area contributed by atoms with Crippen molar-refractivity contribution in [2.24, 2.45) is 7.05 Å². The van der Waals surface area contributed by atoms with Crippen LogP contribution in [0.5, 0.6) is 0 Å². The minimum Gasteiger partial charge on any atom is -0.326 e. The molecule has 3 aromatic rings. The fourth-order valence-corrected chi connectivity index (χ4v) is 3.21. The average Bonchev–Trinajstić information content (AvgIpc) is 2.97. The zero-order valence-electron chi connectivity index (χ0n) is 12.0. The van der Waals surface area contributed by atoms with Gasteiger partial charge in [-0.2, -0.15) is 0 Å². The van der Waals surface area contributed by atoms with Crippen LogP contribution in [0.3, 0.4) is 0 Å². The highest BCUT2D eigenvalue weighted by molar-refractivity contribution is 7.98. The van der Waals surface area contributed by atoms with Gasteiger partial charge in [0.05, 0.1) is 16.7 Å². The van der Waals surface area contributed by atoms with Crippen molar-refractivity contribution >= 4 is 22.7 Å². The van der Waals surface area contributed by atoms with Gasteiger partial charge in [0.1, 0.15) is 5.82 Å². The molecule has 0 aliphatic rings. The Balaban J connectivity index is 1.94. The SMILES string of the molecule is CCn1ccnc1SCc1nc2ccccc2c(=O)n1C. The lowest BCUT2D eigenvalue weighted by Gasteiger charge is -2.09. The molecule has 2 heterocycles. The molecule has 0 aliphatic carbocycles. The largest absolute Gasteiger partial charge is 0.326 e. The van der Waals surface area contributed by atoms with Crippen molar-refractivity contribution in [1.82, 2.24) is 19.1 Å². The van der Waals surface area contributed by atoms with E-state index in [1.165, 1.54) is 0 Å². The highest BCUT2D eigenvalue weighted by Gasteiger charge is 2.09. The zero-order valence-corrected chi connectivity index (χ0v) is 12.8. The molecular weight excluding hydrogens is 284 g/mol. The lowest BCUT2D eigenvalue weighted by molar-refractivity contribution is 0.680. The second kappa shape index (κ2) is 5.73. The van der Waals surface area contributed by atoms with E-state index in [4.69, 9.17) is 0 Å². The third kappa shape index (κ3) is 2.58. The standard InChI is InChI=1S/C15H16N4OS/c1-3-19-9-8-16-15(19)21-10-13-17-12-7-5-4-6-11(12)14(20)18(13)2/h4-9H,3,10H2,1-2H3. The van der Waals surface area contributed by atoms with E-state index in [0.29, 0.717) is 11.1 Å². The molecular formula is C15H16N4OS. The Morgan fingerprint density at radius 3 is 2.90 bits per heavy atom. The van der Waals surface area contributed by atoms with Crippen molar-refractivity contribution in [3.05, 3.63) is 52.8 Å². The molecule has 6 heteroatoms. The average molecular weight is 300 g/mol. The predicted octanol–water partition coefficient (Wildman–Crippen LogP) is 2.44. The van der Waals surface area contributed by atoms with Crippen molar-refractivity contribution in [1.29, 1.82) is 0 Å². The zero-order chi connectivity index (χ0) is 14.8. The number of rotatable bonds is 4. The monoisotopic (exact) mass is 300 g/mol. The first-order valence-corrected chi connectivity index (χ1v) is 7.78.